The number of nitrogens with zero attached hydrogens (tertiary/aromatic N) is 1. The van der Waals surface area contributed by atoms with Gasteiger partial charge in [0.1, 0.15) is 5.78 Å². The van der Waals surface area contributed by atoms with Crippen LogP contribution >= 0.6 is 11.6 Å². The molecule has 2 rings (SSSR count). The summed E-state index contributed by atoms with van der Waals surface area (Å²) in [5.41, 5.74) is 3.09. The van der Waals surface area contributed by atoms with Gasteiger partial charge in [0.15, 0.2) is 0 Å². The summed E-state index contributed by atoms with van der Waals surface area (Å²) >= 11 is 5.86. The summed E-state index contributed by atoms with van der Waals surface area (Å²) in [6.07, 6.45) is 1.10. The molecule has 0 aliphatic rings. The number of carbonyl (C=O) groups excluding carboxylic acids is 2. The summed E-state index contributed by atoms with van der Waals surface area (Å²) in [5.74, 6) is 0.0459. The van der Waals surface area contributed by atoms with Gasteiger partial charge in [-0.3, -0.25) is 9.59 Å². The van der Waals surface area contributed by atoms with Gasteiger partial charge in [-0.1, -0.05) is 18.5 Å². The maximum absolute atomic E-state index is 12.7. The Hall–Kier alpha value is -1.87. The van der Waals surface area contributed by atoms with Crippen molar-refractivity contribution >= 4 is 23.2 Å². The number of hydrogen-bond donors (Lipinski definition) is 0. The van der Waals surface area contributed by atoms with Crippen LogP contribution in [-0.2, 0) is 24.7 Å². The normalized spacial score (nSPS) is 10.7. The lowest BCUT2D eigenvalue weighted by Crippen LogP contribution is -2.12. The number of ketones is 2. The summed E-state index contributed by atoms with van der Waals surface area (Å²) < 4.78 is 1.83. The van der Waals surface area contributed by atoms with Gasteiger partial charge in [-0.2, -0.15) is 0 Å². The second-order valence-electron chi connectivity index (χ2n) is 5.14. The minimum atomic E-state index is -0.0409. The van der Waals surface area contributed by atoms with E-state index in [9.17, 15) is 9.59 Å². The van der Waals surface area contributed by atoms with Crippen LogP contribution in [0.4, 0.5) is 0 Å². The fourth-order valence-corrected chi connectivity index (χ4v) is 2.58. The van der Waals surface area contributed by atoms with E-state index in [0.717, 1.165) is 17.7 Å². The molecule has 0 saturated carbocycles. The van der Waals surface area contributed by atoms with Gasteiger partial charge < -0.3 is 4.57 Å². The lowest BCUT2D eigenvalue weighted by Gasteiger charge is -2.08. The first-order chi connectivity index (χ1) is 9.93. The SMILES string of the molecule is CCc1cc(CC(C)=O)n(C)c1C(=O)c1ccc(Cl)cc1. The monoisotopic (exact) mass is 303 g/mol. The van der Waals surface area contributed by atoms with Gasteiger partial charge in [-0.05, 0) is 49.2 Å². The zero-order chi connectivity index (χ0) is 15.6. The first-order valence-electron chi connectivity index (χ1n) is 6.91. The topological polar surface area (TPSA) is 39.1 Å². The molecule has 3 nitrogen and oxygen atoms in total. The predicted molar refractivity (Wildman–Crippen MR) is 84.1 cm³/mol. The Balaban J connectivity index is 2.46. The zero-order valence-corrected chi connectivity index (χ0v) is 13.2. The molecule has 1 heterocycles. The molecule has 1 aromatic heterocycles. The number of Topliss-reactive ketones (excluding diaryl/α,β-unsaturated/α-hetero) is 1. The van der Waals surface area contributed by atoms with Gasteiger partial charge in [-0.15, -0.1) is 0 Å². The fraction of sp³-hybridized carbons (Fsp3) is 0.294. The van der Waals surface area contributed by atoms with Crippen molar-refractivity contribution in [2.24, 2.45) is 7.05 Å². The van der Waals surface area contributed by atoms with Gasteiger partial charge in [0.25, 0.3) is 0 Å². The van der Waals surface area contributed by atoms with E-state index in [1.807, 2.05) is 24.6 Å². The van der Waals surface area contributed by atoms with Gasteiger partial charge in [0.2, 0.25) is 5.78 Å². The Labute approximate surface area is 129 Å². The van der Waals surface area contributed by atoms with E-state index in [2.05, 4.69) is 0 Å². The number of hydrogen-bond acceptors (Lipinski definition) is 2. The number of halogens is 1. The Morgan fingerprint density at radius 1 is 1.19 bits per heavy atom. The molecule has 110 valence electrons. The van der Waals surface area contributed by atoms with E-state index in [1.165, 1.54) is 0 Å². The molecule has 4 heteroatoms. The van der Waals surface area contributed by atoms with Gasteiger partial charge >= 0.3 is 0 Å². The molecule has 0 saturated heterocycles. The van der Waals surface area contributed by atoms with Crippen molar-refractivity contribution in [3.8, 4) is 0 Å². The highest BCUT2D eigenvalue weighted by Gasteiger charge is 2.20. The molecular formula is C17H18ClNO2. The highest BCUT2D eigenvalue weighted by atomic mass is 35.5. The molecule has 0 amide bonds. The lowest BCUT2D eigenvalue weighted by atomic mass is 10.0. The van der Waals surface area contributed by atoms with E-state index in [0.29, 0.717) is 22.7 Å². The molecule has 21 heavy (non-hydrogen) atoms. The van der Waals surface area contributed by atoms with Crippen LogP contribution in [0.5, 0.6) is 0 Å². The maximum atomic E-state index is 12.7. The zero-order valence-electron chi connectivity index (χ0n) is 12.4. The second-order valence-corrected chi connectivity index (χ2v) is 5.57. The predicted octanol–water partition coefficient (Wildman–Crippen LogP) is 3.60. The molecule has 0 spiro atoms. The minimum Gasteiger partial charge on any atom is -0.344 e. The van der Waals surface area contributed by atoms with Crippen LogP contribution in [0.3, 0.4) is 0 Å². The van der Waals surface area contributed by atoms with Crippen LogP contribution in [0.2, 0.25) is 5.02 Å². The van der Waals surface area contributed by atoms with Crippen molar-refractivity contribution in [1.82, 2.24) is 4.57 Å². The van der Waals surface area contributed by atoms with Crippen LogP contribution < -0.4 is 0 Å². The molecule has 0 atom stereocenters. The number of rotatable bonds is 5. The summed E-state index contributed by atoms with van der Waals surface area (Å²) in [5, 5.41) is 0.603. The average Bonchev–Trinajstić information content (AvgIpc) is 2.75. The highest BCUT2D eigenvalue weighted by molar-refractivity contribution is 6.30. The summed E-state index contributed by atoms with van der Waals surface area (Å²) in [6.45, 7) is 3.56. The Kier molecular flexibility index (Phi) is 4.63. The Morgan fingerprint density at radius 2 is 1.81 bits per heavy atom. The largest absolute Gasteiger partial charge is 0.344 e. The maximum Gasteiger partial charge on any atom is 0.209 e. The quantitative estimate of drug-likeness (QED) is 0.792. The number of aryl methyl sites for hydroxylation is 1. The van der Waals surface area contributed by atoms with Crippen molar-refractivity contribution in [3.05, 3.63) is 57.9 Å². The molecule has 0 aliphatic heterocycles. The first-order valence-corrected chi connectivity index (χ1v) is 7.29. The van der Waals surface area contributed by atoms with E-state index >= 15 is 0 Å². The number of aromatic nitrogens is 1. The first kappa shape index (κ1) is 15.5. The summed E-state index contributed by atoms with van der Waals surface area (Å²) in [6, 6.07) is 8.81. The lowest BCUT2D eigenvalue weighted by molar-refractivity contribution is -0.116. The van der Waals surface area contributed by atoms with Crippen molar-refractivity contribution in [1.29, 1.82) is 0 Å². The third kappa shape index (κ3) is 3.24. The third-order valence-corrected chi connectivity index (χ3v) is 3.80. The van der Waals surface area contributed by atoms with Crippen LogP contribution in [0.1, 0.15) is 41.2 Å². The van der Waals surface area contributed by atoms with Crippen LogP contribution in [0, 0.1) is 0 Å². The van der Waals surface area contributed by atoms with Crippen LogP contribution in [-0.4, -0.2) is 16.1 Å². The number of benzene rings is 1. The van der Waals surface area contributed by atoms with E-state index in [-0.39, 0.29) is 11.6 Å². The molecule has 0 radical (unpaired) electrons. The Morgan fingerprint density at radius 3 is 2.33 bits per heavy atom. The van der Waals surface area contributed by atoms with Crippen LogP contribution in [0.25, 0.3) is 0 Å². The smallest absolute Gasteiger partial charge is 0.209 e. The standard InChI is InChI=1S/C17H18ClNO2/c1-4-12-10-15(9-11(2)20)19(3)16(12)17(21)13-5-7-14(18)8-6-13/h5-8,10H,4,9H2,1-3H3. The molecule has 0 aliphatic carbocycles. The van der Waals surface area contributed by atoms with E-state index in [4.69, 9.17) is 11.6 Å². The number of carbonyl (C=O) groups is 2. The minimum absolute atomic E-state index is 0.0409. The third-order valence-electron chi connectivity index (χ3n) is 3.54. The summed E-state index contributed by atoms with van der Waals surface area (Å²) in [7, 11) is 1.83. The average molecular weight is 304 g/mol. The molecule has 0 unspecified atom stereocenters. The molecule has 0 bridgehead atoms. The van der Waals surface area contributed by atoms with Gasteiger partial charge in [0, 0.05) is 29.7 Å². The molecule has 1 aromatic carbocycles. The fourth-order valence-electron chi connectivity index (χ4n) is 2.46. The highest BCUT2D eigenvalue weighted by Crippen LogP contribution is 2.21. The molecule has 0 fully saturated rings. The van der Waals surface area contributed by atoms with Crippen molar-refractivity contribution in [3.63, 3.8) is 0 Å². The van der Waals surface area contributed by atoms with Gasteiger partial charge in [-0.25, -0.2) is 0 Å². The second kappa shape index (κ2) is 6.27. The molecular weight excluding hydrogens is 286 g/mol. The van der Waals surface area contributed by atoms with Crippen LogP contribution in [0.15, 0.2) is 30.3 Å². The van der Waals surface area contributed by atoms with E-state index < -0.39 is 0 Å². The van der Waals surface area contributed by atoms with Crippen molar-refractivity contribution in [2.45, 2.75) is 26.7 Å². The molecule has 0 N–H and O–H groups in total. The van der Waals surface area contributed by atoms with Crippen molar-refractivity contribution < 1.29 is 9.59 Å². The molecule has 2 aromatic rings. The van der Waals surface area contributed by atoms with E-state index in [1.54, 1.807) is 31.2 Å². The van der Waals surface area contributed by atoms with Gasteiger partial charge in [0.05, 0.1) is 5.69 Å². The Bertz CT molecular complexity index is 684. The van der Waals surface area contributed by atoms with Crippen molar-refractivity contribution in [2.75, 3.05) is 0 Å². The summed E-state index contributed by atoms with van der Waals surface area (Å²) in [4.78, 5) is 24.0.